The van der Waals surface area contributed by atoms with Crippen LogP contribution in [-0.4, -0.2) is 24.8 Å². The van der Waals surface area contributed by atoms with Gasteiger partial charge in [0.15, 0.2) is 17.8 Å². The number of fused-ring (bicyclic) bond motifs is 1. The van der Waals surface area contributed by atoms with E-state index in [1.165, 1.54) is 24.3 Å². The number of aldehydes is 1. The van der Waals surface area contributed by atoms with Crippen molar-refractivity contribution in [1.29, 1.82) is 0 Å². The Labute approximate surface area is 125 Å². The van der Waals surface area contributed by atoms with Gasteiger partial charge in [-0.1, -0.05) is 12.1 Å². The maximum absolute atomic E-state index is 12.2. The Kier molecular flexibility index (Phi) is 3.57. The Morgan fingerprint density at radius 2 is 1.82 bits per heavy atom. The van der Waals surface area contributed by atoms with E-state index in [-0.39, 0.29) is 30.0 Å². The summed E-state index contributed by atoms with van der Waals surface area (Å²) in [6, 6.07) is 10.7. The Morgan fingerprint density at radius 1 is 1.05 bits per heavy atom. The quantitative estimate of drug-likeness (QED) is 0.282. The zero-order valence-electron chi connectivity index (χ0n) is 11.3. The largest absolute Gasteiger partial charge is 0.454 e. The van der Waals surface area contributed by atoms with Crippen LogP contribution in [0.5, 0.6) is 17.2 Å². The first-order chi connectivity index (χ1) is 10.7. The minimum Gasteiger partial charge on any atom is -0.454 e. The van der Waals surface area contributed by atoms with Crippen molar-refractivity contribution in [2.75, 3.05) is 6.79 Å². The number of para-hydroxylation sites is 1. The van der Waals surface area contributed by atoms with E-state index in [1.807, 2.05) is 0 Å². The predicted molar refractivity (Wildman–Crippen MR) is 74.4 cm³/mol. The molecule has 0 amide bonds. The van der Waals surface area contributed by atoms with Gasteiger partial charge >= 0.3 is 5.97 Å². The lowest BCUT2D eigenvalue weighted by atomic mass is 10.1. The number of carbonyl (C=O) groups excluding carboxylic acids is 3. The summed E-state index contributed by atoms with van der Waals surface area (Å²) in [6.07, 6.45) is 0.174. The van der Waals surface area contributed by atoms with E-state index >= 15 is 0 Å². The van der Waals surface area contributed by atoms with Gasteiger partial charge in [0.25, 0.3) is 0 Å². The zero-order valence-corrected chi connectivity index (χ0v) is 11.3. The third kappa shape index (κ3) is 2.54. The van der Waals surface area contributed by atoms with Crippen molar-refractivity contribution in [3.05, 3.63) is 53.6 Å². The monoisotopic (exact) mass is 298 g/mol. The van der Waals surface area contributed by atoms with Crippen LogP contribution in [0.1, 0.15) is 20.7 Å². The van der Waals surface area contributed by atoms with Gasteiger partial charge in [-0.25, -0.2) is 4.79 Å². The van der Waals surface area contributed by atoms with Gasteiger partial charge in [0.2, 0.25) is 12.6 Å². The topological polar surface area (TPSA) is 78.9 Å². The maximum Gasteiger partial charge on any atom is 0.343 e. The summed E-state index contributed by atoms with van der Waals surface area (Å²) in [5.41, 5.74) is 0.282. The number of benzene rings is 2. The lowest BCUT2D eigenvalue weighted by molar-refractivity contribution is -0.104. The SMILES string of the molecule is O=CC(=O)c1ccccc1OC(=O)c1ccc2c(c1)OCO2. The van der Waals surface area contributed by atoms with Crippen LogP contribution >= 0.6 is 0 Å². The molecule has 0 saturated heterocycles. The molecule has 0 aliphatic carbocycles. The van der Waals surface area contributed by atoms with E-state index in [0.717, 1.165) is 0 Å². The number of ether oxygens (including phenoxy) is 3. The first-order valence-corrected chi connectivity index (χ1v) is 6.39. The fourth-order valence-corrected chi connectivity index (χ4v) is 2.00. The van der Waals surface area contributed by atoms with Gasteiger partial charge in [-0.05, 0) is 30.3 Å². The molecule has 0 fully saturated rings. The molecule has 3 rings (SSSR count). The summed E-state index contributed by atoms with van der Waals surface area (Å²) < 4.78 is 15.5. The second-order valence-electron chi connectivity index (χ2n) is 4.44. The van der Waals surface area contributed by atoms with E-state index < -0.39 is 11.8 Å². The molecule has 6 nitrogen and oxygen atoms in total. The van der Waals surface area contributed by atoms with Crippen molar-refractivity contribution in [1.82, 2.24) is 0 Å². The molecule has 0 unspecified atom stereocenters. The van der Waals surface area contributed by atoms with Crippen LogP contribution in [0.3, 0.4) is 0 Å². The highest BCUT2D eigenvalue weighted by Gasteiger charge is 2.19. The maximum atomic E-state index is 12.2. The van der Waals surface area contributed by atoms with Crippen LogP contribution in [0.2, 0.25) is 0 Å². The summed E-state index contributed by atoms with van der Waals surface area (Å²) in [5, 5.41) is 0. The van der Waals surface area contributed by atoms with Crippen LogP contribution in [0.25, 0.3) is 0 Å². The third-order valence-electron chi connectivity index (χ3n) is 3.07. The Bertz CT molecular complexity index is 765. The number of rotatable bonds is 4. The first-order valence-electron chi connectivity index (χ1n) is 6.39. The molecule has 110 valence electrons. The number of hydrogen-bond donors (Lipinski definition) is 0. The molecule has 1 aliphatic rings. The third-order valence-corrected chi connectivity index (χ3v) is 3.07. The highest BCUT2D eigenvalue weighted by molar-refractivity contribution is 6.34. The van der Waals surface area contributed by atoms with Gasteiger partial charge in [0.05, 0.1) is 11.1 Å². The molecule has 2 aromatic carbocycles. The van der Waals surface area contributed by atoms with Gasteiger partial charge < -0.3 is 14.2 Å². The number of ketones is 1. The normalized spacial score (nSPS) is 11.8. The van der Waals surface area contributed by atoms with Crippen molar-refractivity contribution in [3.63, 3.8) is 0 Å². The highest BCUT2D eigenvalue weighted by atomic mass is 16.7. The van der Waals surface area contributed by atoms with Crippen LogP contribution in [0.4, 0.5) is 0 Å². The second kappa shape index (κ2) is 5.69. The fourth-order valence-electron chi connectivity index (χ4n) is 2.00. The van der Waals surface area contributed by atoms with E-state index in [0.29, 0.717) is 11.5 Å². The molecular formula is C16H10O6. The lowest BCUT2D eigenvalue weighted by Crippen LogP contribution is -2.12. The molecule has 0 bridgehead atoms. The molecular weight excluding hydrogens is 288 g/mol. The predicted octanol–water partition coefficient (Wildman–Crippen LogP) is 2.02. The molecule has 6 heteroatoms. The number of hydrogen-bond acceptors (Lipinski definition) is 6. The number of Topliss-reactive ketones (excluding diaryl/α,β-unsaturated/α-hetero) is 1. The van der Waals surface area contributed by atoms with Crippen molar-refractivity contribution in [2.45, 2.75) is 0 Å². The van der Waals surface area contributed by atoms with Crippen molar-refractivity contribution >= 4 is 18.0 Å². The molecule has 0 radical (unpaired) electrons. The van der Waals surface area contributed by atoms with Crippen molar-refractivity contribution in [3.8, 4) is 17.2 Å². The van der Waals surface area contributed by atoms with Crippen molar-refractivity contribution < 1.29 is 28.6 Å². The minimum absolute atomic E-state index is 0.0299. The Balaban J connectivity index is 1.86. The summed E-state index contributed by atoms with van der Waals surface area (Å²) >= 11 is 0. The summed E-state index contributed by atoms with van der Waals surface area (Å²) in [6.45, 7) is 0.102. The van der Waals surface area contributed by atoms with E-state index in [9.17, 15) is 14.4 Å². The average molecular weight is 298 g/mol. The zero-order chi connectivity index (χ0) is 15.5. The van der Waals surface area contributed by atoms with E-state index in [1.54, 1.807) is 18.2 Å². The molecule has 0 atom stereocenters. The number of esters is 1. The van der Waals surface area contributed by atoms with Crippen LogP contribution < -0.4 is 14.2 Å². The van der Waals surface area contributed by atoms with Crippen LogP contribution in [-0.2, 0) is 4.79 Å². The van der Waals surface area contributed by atoms with Gasteiger partial charge in [-0.3, -0.25) is 9.59 Å². The van der Waals surface area contributed by atoms with E-state index in [2.05, 4.69) is 0 Å². The first kappa shape index (κ1) is 13.8. The highest BCUT2D eigenvalue weighted by Crippen LogP contribution is 2.33. The second-order valence-corrected chi connectivity index (χ2v) is 4.44. The summed E-state index contributed by atoms with van der Waals surface area (Å²) in [5.74, 6) is -0.388. The van der Waals surface area contributed by atoms with Gasteiger partial charge in [-0.2, -0.15) is 0 Å². The summed E-state index contributed by atoms with van der Waals surface area (Å²) in [7, 11) is 0. The Hall–Kier alpha value is -3.15. The molecule has 0 spiro atoms. The minimum atomic E-state index is -0.755. The molecule has 0 aromatic heterocycles. The molecule has 0 N–H and O–H groups in total. The number of carbonyl (C=O) groups is 3. The molecule has 0 saturated carbocycles. The Morgan fingerprint density at radius 3 is 2.64 bits per heavy atom. The van der Waals surface area contributed by atoms with Crippen molar-refractivity contribution in [2.24, 2.45) is 0 Å². The smallest absolute Gasteiger partial charge is 0.343 e. The molecule has 2 aromatic rings. The average Bonchev–Trinajstić information content (AvgIpc) is 3.02. The van der Waals surface area contributed by atoms with Gasteiger partial charge in [0.1, 0.15) is 5.75 Å². The van der Waals surface area contributed by atoms with Gasteiger partial charge in [0, 0.05) is 0 Å². The summed E-state index contributed by atoms with van der Waals surface area (Å²) in [4.78, 5) is 34.3. The molecule has 1 heterocycles. The lowest BCUT2D eigenvalue weighted by Gasteiger charge is -2.08. The van der Waals surface area contributed by atoms with Crippen LogP contribution in [0, 0.1) is 0 Å². The standard InChI is InChI=1S/C16H10O6/c17-8-12(18)11-3-1-2-4-13(11)22-16(19)10-5-6-14-15(7-10)21-9-20-14/h1-8H,9H2. The molecule has 1 aliphatic heterocycles. The van der Waals surface area contributed by atoms with E-state index in [4.69, 9.17) is 14.2 Å². The van der Waals surface area contributed by atoms with Gasteiger partial charge in [-0.15, -0.1) is 0 Å². The van der Waals surface area contributed by atoms with Crippen LogP contribution in [0.15, 0.2) is 42.5 Å². The fraction of sp³-hybridized carbons (Fsp3) is 0.0625. The molecule has 22 heavy (non-hydrogen) atoms.